The summed E-state index contributed by atoms with van der Waals surface area (Å²) in [7, 11) is 0. The zero-order valence-corrected chi connectivity index (χ0v) is 9.79. The van der Waals surface area contributed by atoms with Crippen LogP contribution in [0, 0.1) is 0 Å². The minimum Gasteiger partial charge on any atom is -0.313 e. The quantitative estimate of drug-likeness (QED) is 0.796. The van der Waals surface area contributed by atoms with Gasteiger partial charge in [-0.15, -0.1) is 0 Å². The maximum atomic E-state index is 3.66. The maximum Gasteiger partial charge on any atom is 0.0136 e. The average molecular weight is 203 g/mol. The van der Waals surface area contributed by atoms with Crippen LogP contribution in [0.15, 0.2) is 24.3 Å². The Bertz CT molecular complexity index is 319. The van der Waals surface area contributed by atoms with Gasteiger partial charge in [-0.1, -0.05) is 38.1 Å². The van der Waals surface area contributed by atoms with E-state index in [4.69, 9.17) is 0 Å². The molecule has 0 amide bonds. The van der Waals surface area contributed by atoms with Crippen molar-refractivity contribution in [3.05, 3.63) is 35.4 Å². The van der Waals surface area contributed by atoms with E-state index in [0.29, 0.717) is 12.0 Å². The van der Waals surface area contributed by atoms with Crippen molar-refractivity contribution in [1.82, 2.24) is 5.32 Å². The Morgan fingerprint density at radius 1 is 1.33 bits per heavy atom. The normalized spacial score (nSPS) is 24.9. The van der Waals surface area contributed by atoms with Crippen LogP contribution in [0.25, 0.3) is 0 Å². The van der Waals surface area contributed by atoms with E-state index >= 15 is 0 Å². The Hall–Kier alpha value is -0.820. The summed E-state index contributed by atoms with van der Waals surface area (Å²) in [5, 5.41) is 3.66. The molecule has 0 radical (unpaired) electrons. The number of aryl methyl sites for hydroxylation is 1. The number of benzene rings is 1. The van der Waals surface area contributed by atoms with Gasteiger partial charge in [0, 0.05) is 6.04 Å². The molecule has 0 saturated carbocycles. The fourth-order valence-corrected chi connectivity index (χ4v) is 2.59. The molecular formula is C14H21N. The lowest BCUT2D eigenvalue weighted by molar-refractivity contribution is 0.404. The Morgan fingerprint density at radius 2 is 2.13 bits per heavy atom. The summed E-state index contributed by atoms with van der Waals surface area (Å²) in [4.78, 5) is 0. The van der Waals surface area contributed by atoms with Crippen molar-refractivity contribution in [2.75, 3.05) is 6.54 Å². The molecule has 2 atom stereocenters. The van der Waals surface area contributed by atoms with E-state index in [1.165, 1.54) is 19.3 Å². The molecule has 15 heavy (non-hydrogen) atoms. The molecule has 1 heteroatoms. The van der Waals surface area contributed by atoms with E-state index in [9.17, 15) is 0 Å². The topological polar surface area (TPSA) is 12.0 Å². The third-order valence-electron chi connectivity index (χ3n) is 3.53. The highest BCUT2D eigenvalue weighted by atomic mass is 14.9. The van der Waals surface area contributed by atoms with Gasteiger partial charge in [0.2, 0.25) is 0 Å². The Morgan fingerprint density at radius 3 is 2.93 bits per heavy atom. The molecule has 82 valence electrons. The predicted molar refractivity (Wildman–Crippen MR) is 65.3 cm³/mol. The van der Waals surface area contributed by atoms with Gasteiger partial charge in [-0.2, -0.15) is 0 Å². The molecule has 1 N–H and O–H groups in total. The summed E-state index contributed by atoms with van der Waals surface area (Å²) in [6.45, 7) is 5.73. The van der Waals surface area contributed by atoms with E-state index in [2.05, 4.69) is 43.4 Å². The first-order chi connectivity index (χ1) is 7.33. The summed E-state index contributed by atoms with van der Waals surface area (Å²) in [5.74, 6) is 0.668. The highest BCUT2D eigenvalue weighted by molar-refractivity contribution is 5.33. The van der Waals surface area contributed by atoms with Crippen molar-refractivity contribution in [2.24, 2.45) is 0 Å². The van der Waals surface area contributed by atoms with Gasteiger partial charge in [0.15, 0.2) is 0 Å². The first kappa shape index (κ1) is 10.7. The summed E-state index contributed by atoms with van der Waals surface area (Å²) >= 11 is 0. The van der Waals surface area contributed by atoms with Crippen LogP contribution in [0.3, 0.4) is 0 Å². The molecular weight excluding hydrogens is 182 g/mol. The van der Waals surface area contributed by atoms with E-state index < -0.39 is 0 Å². The van der Waals surface area contributed by atoms with Crippen molar-refractivity contribution in [1.29, 1.82) is 0 Å². The van der Waals surface area contributed by atoms with E-state index in [1.807, 2.05) is 0 Å². The first-order valence-electron chi connectivity index (χ1n) is 6.14. The van der Waals surface area contributed by atoms with Gasteiger partial charge in [-0.25, -0.2) is 0 Å². The molecule has 2 unspecified atom stereocenters. The molecule has 0 fully saturated rings. The lowest BCUT2D eigenvalue weighted by atomic mass is 9.80. The first-order valence-corrected chi connectivity index (χ1v) is 6.14. The zero-order chi connectivity index (χ0) is 10.7. The van der Waals surface area contributed by atoms with Gasteiger partial charge < -0.3 is 5.32 Å². The highest BCUT2D eigenvalue weighted by Gasteiger charge is 2.24. The zero-order valence-electron chi connectivity index (χ0n) is 9.79. The minimum absolute atomic E-state index is 0.668. The second kappa shape index (κ2) is 4.80. The fraction of sp³-hybridized carbons (Fsp3) is 0.571. The van der Waals surface area contributed by atoms with Crippen LogP contribution in [0.1, 0.15) is 43.7 Å². The molecule has 0 spiro atoms. The Kier molecular flexibility index (Phi) is 3.42. The van der Waals surface area contributed by atoms with Gasteiger partial charge in [0.25, 0.3) is 0 Å². The SMILES string of the molecule is CCCNC1CCc2ccccc2C1C. The number of nitrogens with one attached hydrogen (secondary N) is 1. The average Bonchev–Trinajstić information content (AvgIpc) is 2.29. The summed E-state index contributed by atoms with van der Waals surface area (Å²) < 4.78 is 0. The number of fused-ring (bicyclic) bond motifs is 1. The van der Waals surface area contributed by atoms with Crippen molar-refractivity contribution in [3.63, 3.8) is 0 Å². The van der Waals surface area contributed by atoms with Crippen LogP contribution >= 0.6 is 0 Å². The molecule has 2 rings (SSSR count). The van der Waals surface area contributed by atoms with E-state index in [-0.39, 0.29) is 0 Å². The fourth-order valence-electron chi connectivity index (χ4n) is 2.59. The van der Waals surface area contributed by atoms with Crippen molar-refractivity contribution in [3.8, 4) is 0 Å². The molecule has 1 aliphatic rings. The van der Waals surface area contributed by atoms with Gasteiger partial charge in [0.1, 0.15) is 0 Å². The lowest BCUT2D eigenvalue weighted by Gasteiger charge is -2.32. The van der Waals surface area contributed by atoms with E-state index in [0.717, 1.165) is 6.54 Å². The summed E-state index contributed by atoms with van der Waals surface area (Å²) in [6, 6.07) is 9.57. The van der Waals surface area contributed by atoms with Gasteiger partial charge in [-0.05, 0) is 42.9 Å². The molecule has 1 aromatic carbocycles. The molecule has 1 aromatic rings. The number of hydrogen-bond acceptors (Lipinski definition) is 1. The maximum absolute atomic E-state index is 3.66. The van der Waals surface area contributed by atoms with Crippen molar-refractivity contribution in [2.45, 2.75) is 45.1 Å². The molecule has 0 aliphatic heterocycles. The third-order valence-corrected chi connectivity index (χ3v) is 3.53. The Balaban J connectivity index is 2.11. The third kappa shape index (κ3) is 2.23. The molecule has 1 nitrogen and oxygen atoms in total. The second-order valence-electron chi connectivity index (χ2n) is 4.59. The van der Waals surface area contributed by atoms with E-state index in [1.54, 1.807) is 11.1 Å². The lowest BCUT2D eigenvalue weighted by Crippen LogP contribution is -2.37. The number of hydrogen-bond donors (Lipinski definition) is 1. The van der Waals surface area contributed by atoms with Gasteiger partial charge in [0.05, 0.1) is 0 Å². The van der Waals surface area contributed by atoms with Crippen LogP contribution in [0.5, 0.6) is 0 Å². The molecule has 0 aromatic heterocycles. The van der Waals surface area contributed by atoms with Crippen LogP contribution in [0.2, 0.25) is 0 Å². The van der Waals surface area contributed by atoms with Crippen molar-refractivity contribution < 1.29 is 0 Å². The minimum atomic E-state index is 0.668. The largest absolute Gasteiger partial charge is 0.313 e. The Labute approximate surface area is 92.9 Å². The van der Waals surface area contributed by atoms with Crippen LogP contribution in [-0.2, 0) is 6.42 Å². The highest BCUT2D eigenvalue weighted by Crippen LogP contribution is 2.31. The number of rotatable bonds is 3. The molecule has 0 saturated heterocycles. The second-order valence-corrected chi connectivity index (χ2v) is 4.59. The van der Waals surface area contributed by atoms with Crippen molar-refractivity contribution >= 4 is 0 Å². The van der Waals surface area contributed by atoms with Gasteiger partial charge in [-0.3, -0.25) is 0 Å². The molecule has 1 aliphatic carbocycles. The summed E-state index contributed by atoms with van der Waals surface area (Å²) in [5.41, 5.74) is 3.11. The van der Waals surface area contributed by atoms with Crippen LogP contribution in [0.4, 0.5) is 0 Å². The monoisotopic (exact) mass is 203 g/mol. The van der Waals surface area contributed by atoms with Crippen LogP contribution in [-0.4, -0.2) is 12.6 Å². The summed E-state index contributed by atoms with van der Waals surface area (Å²) in [6.07, 6.45) is 3.75. The molecule has 0 bridgehead atoms. The predicted octanol–water partition coefficient (Wildman–Crippen LogP) is 3.10. The van der Waals surface area contributed by atoms with Gasteiger partial charge >= 0.3 is 0 Å². The van der Waals surface area contributed by atoms with Crippen LogP contribution < -0.4 is 5.32 Å². The smallest absolute Gasteiger partial charge is 0.0136 e. The molecule has 0 heterocycles. The standard InChI is InChI=1S/C14H21N/c1-3-10-15-14-9-8-12-6-4-5-7-13(12)11(14)2/h4-7,11,14-15H,3,8-10H2,1-2H3.